The van der Waals surface area contributed by atoms with Gasteiger partial charge in [-0.1, -0.05) is 30.3 Å². The quantitative estimate of drug-likeness (QED) is 0.759. The van der Waals surface area contributed by atoms with E-state index in [0.717, 1.165) is 5.56 Å². The highest BCUT2D eigenvalue weighted by Crippen LogP contribution is 2.28. The zero-order chi connectivity index (χ0) is 17.8. The third-order valence-corrected chi connectivity index (χ3v) is 3.82. The summed E-state index contributed by atoms with van der Waals surface area (Å²) in [5.74, 6) is 0.304. The van der Waals surface area contributed by atoms with E-state index in [1.54, 1.807) is 44.6 Å². The van der Waals surface area contributed by atoms with Crippen molar-refractivity contribution in [1.29, 1.82) is 0 Å². The second-order valence-corrected chi connectivity index (χ2v) is 5.36. The normalized spacial score (nSPS) is 11.0. The Morgan fingerprint density at radius 3 is 2.48 bits per heavy atom. The number of rotatable bonds is 5. The highest BCUT2D eigenvalue weighted by molar-refractivity contribution is 6.03. The summed E-state index contributed by atoms with van der Waals surface area (Å²) in [6, 6.07) is 14.3. The van der Waals surface area contributed by atoms with Gasteiger partial charge in [0.1, 0.15) is 0 Å². The van der Waals surface area contributed by atoms with Crippen LogP contribution >= 0.6 is 0 Å². The molecule has 0 spiro atoms. The molecule has 0 unspecified atom stereocenters. The van der Waals surface area contributed by atoms with E-state index < -0.39 is 5.97 Å². The molecular formula is C20H17NO4. The van der Waals surface area contributed by atoms with E-state index in [4.69, 9.17) is 9.47 Å². The standard InChI is InChI=1S/C20H17NO4/c1-24-18-10-8-13(11-19(18)25-2)7-9-14-12-16(20(22)23)15-5-3-4-6-17(15)21-14/h3-12H,1-2H3,(H,22,23). The van der Waals surface area contributed by atoms with Crippen LogP contribution in [0.3, 0.4) is 0 Å². The maximum Gasteiger partial charge on any atom is 0.336 e. The Morgan fingerprint density at radius 2 is 1.76 bits per heavy atom. The maximum atomic E-state index is 11.5. The lowest BCUT2D eigenvalue weighted by molar-refractivity contribution is 0.0699. The van der Waals surface area contributed by atoms with Gasteiger partial charge in [0.25, 0.3) is 0 Å². The molecular weight excluding hydrogens is 318 g/mol. The molecule has 25 heavy (non-hydrogen) atoms. The molecule has 0 atom stereocenters. The predicted molar refractivity (Wildman–Crippen MR) is 97.2 cm³/mol. The molecule has 0 aliphatic heterocycles. The molecule has 126 valence electrons. The fourth-order valence-corrected chi connectivity index (χ4v) is 2.60. The second kappa shape index (κ2) is 7.05. The summed E-state index contributed by atoms with van der Waals surface area (Å²) in [4.78, 5) is 16.0. The van der Waals surface area contributed by atoms with Gasteiger partial charge < -0.3 is 14.6 Å². The number of benzene rings is 2. The molecule has 0 fully saturated rings. The van der Waals surface area contributed by atoms with E-state index >= 15 is 0 Å². The molecule has 5 nitrogen and oxygen atoms in total. The van der Waals surface area contributed by atoms with Crippen LogP contribution < -0.4 is 9.47 Å². The van der Waals surface area contributed by atoms with Crippen LogP contribution in [0.5, 0.6) is 11.5 Å². The summed E-state index contributed by atoms with van der Waals surface area (Å²) >= 11 is 0. The van der Waals surface area contributed by atoms with Crippen molar-refractivity contribution in [2.45, 2.75) is 0 Å². The van der Waals surface area contributed by atoms with Crippen molar-refractivity contribution in [3.8, 4) is 11.5 Å². The molecule has 3 aromatic rings. The van der Waals surface area contributed by atoms with E-state index in [9.17, 15) is 9.90 Å². The van der Waals surface area contributed by atoms with E-state index in [0.29, 0.717) is 28.1 Å². The summed E-state index contributed by atoms with van der Waals surface area (Å²) in [5, 5.41) is 10.1. The second-order valence-electron chi connectivity index (χ2n) is 5.36. The lowest BCUT2D eigenvalue weighted by Gasteiger charge is -2.07. The van der Waals surface area contributed by atoms with Crippen molar-refractivity contribution in [2.24, 2.45) is 0 Å². The Morgan fingerprint density at radius 1 is 1.00 bits per heavy atom. The number of para-hydroxylation sites is 1. The van der Waals surface area contributed by atoms with Gasteiger partial charge in [0, 0.05) is 5.39 Å². The Labute approximate surface area is 145 Å². The molecule has 0 saturated heterocycles. The van der Waals surface area contributed by atoms with Gasteiger partial charge in [0.15, 0.2) is 11.5 Å². The zero-order valence-electron chi connectivity index (χ0n) is 13.9. The number of nitrogens with zero attached hydrogens (tertiary/aromatic N) is 1. The topological polar surface area (TPSA) is 68.7 Å². The molecule has 0 aliphatic rings. The summed E-state index contributed by atoms with van der Waals surface area (Å²) in [5.41, 5.74) is 2.35. The number of methoxy groups -OCH3 is 2. The lowest BCUT2D eigenvalue weighted by Crippen LogP contribution is -2.00. The highest BCUT2D eigenvalue weighted by atomic mass is 16.5. The van der Waals surface area contributed by atoms with E-state index in [2.05, 4.69) is 4.98 Å². The van der Waals surface area contributed by atoms with E-state index in [1.807, 2.05) is 30.3 Å². The molecule has 1 N–H and O–H groups in total. The smallest absolute Gasteiger partial charge is 0.336 e. The molecule has 5 heteroatoms. The van der Waals surface area contributed by atoms with Crippen molar-refractivity contribution < 1.29 is 19.4 Å². The summed E-state index contributed by atoms with van der Waals surface area (Å²) in [7, 11) is 3.16. The summed E-state index contributed by atoms with van der Waals surface area (Å²) < 4.78 is 10.5. The van der Waals surface area contributed by atoms with Crippen LogP contribution in [0.1, 0.15) is 21.6 Å². The van der Waals surface area contributed by atoms with Gasteiger partial charge in [-0.05, 0) is 35.9 Å². The van der Waals surface area contributed by atoms with Crippen LogP contribution in [0.4, 0.5) is 0 Å². The fraction of sp³-hybridized carbons (Fsp3) is 0.100. The Hall–Kier alpha value is -3.34. The molecule has 3 rings (SSSR count). The summed E-state index contributed by atoms with van der Waals surface area (Å²) in [6.07, 6.45) is 3.63. The molecule has 0 amide bonds. The van der Waals surface area contributed by atoms with Gasteiger partial charge in [-0.25, -0.2) is 9.78 Å². The molecule has 0 radical (unpaired) electrons. The number of pyridine rings is 1. The van der Waals surface area contributed by atoms with Crippen molar-refractivity contribution >= 4 is 29.0 Å². The van der Waals surface area contributed by atoms with Crippen LogP contribution in [0.25, 0.3) is 23.1 Å². The Balaban J connectivity index is 2.00. The number of carboxylic acid groups (broad SMARTS) is 1. The molecule has 0 aliphatic carbocycles. The largest absolute Gasteiger partial charge is 0.493 e. The number of carboxylic acids is 1. The lowest BCUT2D eigenvalue weighted by atomic mass is 10.1. The number of carbonyl (C=O) groups is 1. The minimum atomic E-state index is -0.973. The number of aromatic carboxylic acids is 1. The minimum Gasteiger partial charge on any atom is -0.493 e. The van der Waals surface area contributed by atoms with Crippen molar-refractivity contribution in [3.05, 3.63) is 65.4 Å². The third-order valence-electron chi connectivity index (χ3n) is 3.82. The van der Waals surface area contributed by atoms with Crippen LogP contribution in [-0.4, -0.2) is 30.3 Å². The molecule has 1 aromatic heterocycles. The molecule has 1 heterocycles. The Bertz CT molecular complexity index is 963. The first-order valence-electron chi connectivity index (χ1n) is 7.65. The monoisotopic (exact) mass is 335 g/mol. The number of fused-ring (bicyclic) bond motifs is 1. The first kappa shape index (κ1) is 16.5. The number of ether oxygens (including phenoxy) is 2. The molecule has 0 saturated carbocycles. The minimum absolute atomic E-state index is 0.234. The van der Waals surface area contributed by atoms with Gasteiger partial charge >= 0.3 is 5.97 Å². The van der Waals surface area contributed by atoms with Crippen molar-refractivity contribution in [3.63, 3.8) is 0 Å². The van der Waals surface area contributed by atoms with E-state index in [-0.39, 0.29) is 5.56 Å². The van der Waals surface area contributed by atoms with E-state index in [1.165, 1.54) is 0 Å². The number of hydrogen-bond donors (Lipinski definition) is 1. The van der Waals surface area contributed by atoms with Crippen molar-refractivity contribution in [1.82, 2.24) is 4.98 Å². The van der Waals surface area contributed by atoms with Crippen LogP contribution in [0.15, 0.2) is 48.5 Å². The number of hydrogen-bond acceptors (Lipinski definition) is 4. The van der Waals surface area contributed by atoms with Gasteiger partial charge in [-0.15, -0.1) is 0 Å². The molecule has 0 bridgehead atoms. The first-order valence-corrected chi connectivity index (χ1v) is 7.65. The van der Waals surface area contributed by atoms with Gasteiger partial charge in [0.05, 0.1) is 31.0 Å². The van der Waals surface area contributed by atoms with Gasteiger partial charge in [0.2, 0.25) is 0 Å². The maximum absolute atomic E-state index is 11.5. The fourth-order valence-electron chi connectivity index (χ4n) is 2.60. The summed E-state index contributed by atoms with van der Waals surface area (Å²) in [6.45, 7) is 0. The Kier molecular flexibility index (Phi) is 4.66. The van der Waals surface area contributed by atoms with Crippen LogP contribution in [-0.2, 0) is 0 Å². The molecule has 2 aromatic carbocycles. The van der Waals surface area contributed by atoms with Crippen LogP contribution in [0.2, 0.25) is 0 Å². The number of aromatic nitrogens is 1. The average Bonchev–Trinajstić information content (AvgIpc) is 2.65. The zero-order valence-corrected chi connectivity index (χ0v) is 13.9. The third kappa shape index (κ3) is 3.45. The SMILES string of the molecule is COc1ccc(C=Cc2cc(C(=O)O)c3ccccc3n2)cc1OC. The highest BCUT2D eigenvalue weighted by Gasteiger charge is 2.10. The van der Waals surface area contributed by atoms with Crippen molar-refractivity contribution in [2.75, 3.05) is 14.2 Å². The predicted octanol–water partition coefficient (Wildman–Crippen LogP) is 4.12. The van der Waals surface area contributed by atoms with Gasteiger partial charge in [-0.3, -0.25) is 0 Å². The first-order chi connectivity index (χ1) is 12.1. The van der Waals surface area contributed by atoms with Crippen LogP contribution in [0, 0.1) is 0 Å². The average molecular weight is 335 g/mol. The van der Waals surface area contributed by atoms with Gasteiger partial charge in [-0.2, -0.15) is 0 Å².